The monoisotopic (exact) mass is 264 g/mol. The van der Waals surface area contributed by atoms with Gasteiger partial charge in [-0.2, -0.15) is 0 Å². The summed E-state index contributed by atoms with van der Waals surface area (Å²) in [5.41, 5.74) is 1.89. The third-order valence-electron chi connectivity index (χ3n) is 5.04. The Bertz CT molecular complexity index is 467. The molecule has 1 saturated heterocycles. The largest absolute Gasteiger partial charge is 0.461 e. The molecule has 2 N–H and O–H groups in total. The number of carbonyl (C=O) groups excluding carboxylic acids is 1. The second kappa shape index (κ2) is 4.18. The molecule has 3 aliphatic rings. The van der Waals surface area contributed by atoms with Crippen LogP contribution in [0.1, 0.15) is 20.3 Å². The van der Waals surface area contributed by atoms with Gasteiger partial charge in [-0.25, -0.2) is 0 Å². The fourth-order valence-electron chi connectivity index (χ4n) is 4.11. The Labute approximate surface area is 112 Å². The number of aliphatic hydroxyl groups excluding tert-OH is 2. The zero-order valence-corrected chi connectivity index (χ0v) is 11.2. The van der Waals surface area contributed by atoms with Gasteiger partial charge in [0.05, 0.1) is 18.1 Å². The van der Waals surface area contributed by atoms with Crippen LogP contribution in [0.2, 0.25) is 0 Å². The van der Waals surface area contributed by atoms with Crippen molar-refractivity contribution in [3.8, 4) is 0 Å². The summed E-state index contributed by atoms with van der Waals surface area (Å²) in [5.74, 6) is -0.916. The second-order valence-electron chi connectivity index (χ2n) is 6.15. The van der Waals surface area contributed by atoms with E-state index in [1.807, 2.05) is 19.9 Å². The Kier molecular flexibility index (Phi) is 2.84. The van der Waals surface area contributed by atoms with Crippen molar-refractivity contribution >= 4 is 5.97 Å². The molecule has 2 aliphatic carbocycles. The molecular formula is C15H20O4. The van der Waals surface area contributed by atoms with E-state index in [9.17, 15) is 15.0 Å². The molecule has 2 fully saturated rings. The predicted molar refractivity (Wildman–Crippen MR) is 69.0 cm³/mol. The van der Waals surface area contributed by atoms with Gasteiger partial charge in [0.1, 0.15) is 6.10 Å². The van der Waals surface area contributed by atoms with Crippen LogP contribution in [0.4, 0.5) is 0 Å². The first-order valence-corrected chi connectivity index (χ1v) is 6.84. The summed E-state index contributed by atoms with van der Waals surface area (Å²) in [6, 6.07) is 0. The summed E-state index contributed by atoms with van der Waals surface area (Å²) in [4.78, 5) is 11.8. The molecule has 0 radical (unpaired) electrons. The summed E-state index contributed by atoms with van der Waals surface area (Å²) in [6.45, 7) is 7.79. The minimum atomic E-state index is -0.621. The second-order valence-corrected chi connectivity index (χ2v) is 6.15. The third-order valence-corrected chi connectivity index (χ3v) is 5.04. The van der Waals surface area contributed by atoms with Gasteiger partial charge >= 0.3 is 5.97 Å². The topological polar surface area (TPSA) is 66.8 Å². The molecule has 0 spiro atoms. The quantitative estimate of drug-likeness (QED) is 0.507. The molecule has 7 unspecified atom stereocenters. The molecule has 4 nitrogen and oxygen atoms in total. The maximum absolute atomic E-state index is 11.8. The first-order chi connectivity index (χ1) is 8.91. The number of ether oxygens (including phenoxy) is 1. The number of hydrogen-bond acceptors (Lipinski definition) is 4. The molecule has 0 aromatic carbocycles. The molecule has 3 rings (SSSR count). The summed E-state index contributed by atoms with van der Waals surface area (Å²) < 4.78 is 5.52. The highest BCUT2D eigenvalue weighted by Crippen LogP contribution is 2.50. The molecule has 1 saturated carbocycles. The van der Waals surface area contributed by atoms with E-state index in [1.54, 1.807) is 0 Å². The van der Waals surface area contributed by atoms with E-state index in [-0.39, 0.29) is 35.7 Å². The Morgan fingerprint density at radius 2 is 2.05 bits per heavy atom. The molecule has 4 heteroatoms. The van der Waals surface area contributed by atoms with Crippen molar-refractivity contribution in [1.29, 1.82) is 0 Å². The molecule has 7 atom stereocenters. The number of rotatable bonds is 0. The fraction of sp³-hybridized carbons (Fsp3) is 0.667. The van der Waals surface area contributed by atoms with Crippen molar-refractivity contribution in [2.45, 2.75) is 38.6 Å². The van der Waals surface area contributed by atoms with Crippen LogP contribution in [0.3, 0.4) is 0 Å². The maximum atomic E-state index is 11.8. The summed E-state index contributed by atoms with van der Waals surface area (Å²) in [7, 11) is 0. The van der Waals surface area contributed by atoms with Crippen LogP contribution in [0, 0.1) is 23.7 Å². The zero-order valence-electron chi connectivity index (χ0n) is 11.2. The lowest BCUT2D eigenvalue weighted by atomic mass is 9.78. The summed E-state index contributed by atoms with van der Waals surface area (Å²) in [6.07, 6.45) is 0.714. The zero-order chi connectivity index (χ0) is 13.9. The van der Waals surface area contributed by atoms with Gasteiger partial charge in [-0.05, 0) is 13.3 Å². The standard InChI is InChI=1S/C15H20O4/c1-6-4-10(17)13-8(3)15(18)19-14(13)12-7(2)5-9(16)11(6)12/h5,8-14,16-17H,1,4H2,2-3H3. The van der Waals surface area contributed by atoms with E-state index in [2.05, 4.69) is 6.58 Å². The van der Waals surface area contributed by atoms with Crippen molar-refractivity contribution in [2.24, 2.45) is 23.7 Å². The van der Waals surface area contributed by atoms with Gasteiger partial charge < -0.3 is 14.9 Å². The van der Waals surface area contributed by atoms with Gasteiger partial charge in [-0.3, -0.25) is 4.79 Å². The average molecular weight is 264 g/mol. The van der Waals surface area contributed by atoms with Crippen molar-refractivity contribution < 1.29 is 19.7 Å². The van der Waals surface area contributed by atoms with Crippen molar-refractivity contribution in [3.05, 3.63) is 23.8 Å². The lowest BCUT2D eigenvalue weighted by Gasteiger charge is -2.29. The number of esters is 1. The van der Waals surface area contributed by atoms with E-state index in [1.165, 1.54) is 0 Å². The third kappa shape index (κ3) is 1.70. The first-order valence-electron chi connectivity index (χ1n) is 6.84. The highest BCUT2D eigenvalue weighted by atomic mass is 16.6. The van der Waals surface area contributed by atoms with Crippen LogP contribution in [0.25, 0.3) is 0 Å². The number of hydrogen-bond donors (Lipinski definition) is 2. The highest BCUT2D eigenvalue weighted by molar-refractivity contribution is 5.75. The van der Waals surface area contributed by atoms with Crippen molar-refractivity contribution in [3.63, 3.8) is 0 Å². The van der Waals surface area contributed by atoms with Crippen LogP contribution in [-0.4, -0.2) is 34.5 Å². The van der Waals surface area contributed by atoms with E-state index in [0.29, 0.717) is 6.42 Å². The Morgan fingerprint density at radius 1 is 1.37 bits per heavy atom. The van der Waals surface area contributed by atoms with Gasteiger partial charge in [0.2, 0.25) is 0 Å². The molecule has 104 valence electrons. The van der Waals surface area contributed by atoms with Gasteiger partial charge in [0.15, 0.2) is 0 Å². The summed E-state index contributed by atoms with van der Waals surface area (Å²) in [5, 5.41) is 20.5. The van der Waals surface area contributed by atoms with Gasteiger partial charge in [0.25, 0.3) is 0 Å². The fourth-order valence-corrected chi connectivity index (χ4v) is 4.11. The Balaban J connectivity index is 2.04. The Hall–Kier alpha value is -1.13. The van der Waals surface area contributed by atoms with Crippen molar-refractivity contribution in [2.75, 3.05) is 0 Å². The van der Waals surface area contributed by atoms with Crippen molar-refractivity contribution in [1.82, 2.24) is 0 Å². The van der Waals surface area contributed by atoms with Crippen LogP contribution in [-0.2, 0) is 9.53 Å². The first kappa shape index (κ1) is 12.9. The minimum Gasteiger partial charge on any atom is -0.461 e. The smallest absolute Gasteiger partial charge is 0.309 e. The minimum absolute atomic E-state index is 0.0430. The van der Waals surface area contributed by atoms with Crippen LogP contribution >= 0.6 is 0 Å². The van der Waals surface area contributed by atoms with E-state index in [0.717, 1.165) is 11.1 Å². The highest BCUT2D eigenvalue weighted by Gasteiger charge is 2.55. The molecular weight excluding hydrogens is 244 g/mol. The molecule has 19 heavy (non-hydrogen) atoms. The molecule has 0 aromatic rings. The molecule has 1 aliphatic heterocycles. The normalized spacial score (nSPS) is 49.3. The lowest BCUT2D eigenvalue weighted by molar-refractivity contribution is -0.145. The van der Waals surface area contributed by atoms with Crippen LogP contribution in [0.15, 0.2) is 23.8 Å². The Morgan fingerprint density at radius 3 is 2.74 bits per heavy atom. The maximum Gasteiger partial charge on any atom is 0.309 e. The predicted octanol–water partition coefficient (Wildman–Crippen LogP) is 1.04. The van der Waals surface area contributed by atoms with Gasteiger partial charge in [0, 0.05) is 17.8 Å². The lowest BCUT2D eigenvalue weighted by Crippen LogP contribution is -2.36. The number of aliphatic hydroxyl groups is 2. The molecule has 0 aromatic heterocycles. The molecule has 0 bridgehead atoms. The van der Waals surface area contributed by atoms with Gasteiger partial charge in [-0.1, -0.05) is 30.7 Å². The number of carbonyl (C=O) groups is 1. The van der Waals surface area contributed by atoms with Gasteiger partial charge in [-0.15, -0.1) is 0 Å². The van der Waals surface area contributed by atoms with Crippen LogP contribution in [0.5, 0.6) is 0 Å². The molecule has 1 heterocycles. The summed E-state index contributed by atoms with van der Waals surface area (Å²) >= 11 is 0. The van der Waals surface area contributed by atoms with E-state index in [4.69, 9.17) is 4.74 Å². The SMILES string of the molecule is C=C1CC(O)C2C(C)C(=O)OC2C2C(C)=CC(O)C12. The van der Waals surface area contributed by atoms with Crippen LogP contribution < -0.4 is 0 Å². The van der Waals surface area contributed by atoms with E-state index >= 15 is 0 Å². The number of fused-ring (bicyclic) bond motifs is 3. The van der Waals surface area contributed by atoms with E-state index < -0.39 is 12.2 Å². The molecule has 0 amide bonds. The average Bonchev–Trinajstić information content (AvgIpc) is 2.72.